The predicted octanol–water partition coefficient (Wildman–Crippen LogP) is 6.60. The molecule has 0 aromatic heterocycles. The maximum Gasteiger partial charge on any atom is 0.264 e. The van der Waals surface area contributed by atoms with Crippen LogP contribution >= 0.6 is 0 Å². The minimum atomic E-state index is -4.32. The number of methoxy groups -OCH3 is 2. The lowest BCUT2D eigenvalue weighted by Gasteiger charge is -2.35. The van der Waals surface area contributed by atoms with Crippen LogP contribution in [0.5, 0.6) is 11.5 Å². The number of nitrogens with zero attached hydrogens (tertiary/aromatic N) is 2. The van der Waals surface area contributed by atoms with Gasteiger partial charge in [-0.1, -0.05) is 86.0 Å². The molecule has 9 nitrogen and oxygen atoms in total. The summed E-state index contributed by atoms with van der Waals surface area (Å²) in [6.45, 7) is 3.35. The molecular weight excluding hydrogens is 651 g/mol. The number of amides is 2. The van der Waals surface area contributed by atoms with Crippen LogP contribution in [0.3, 0.4) is 0 Å². The average Bonchev–Trinajstić information content (AvgIpc) is 3.12. The van der Waals surface area contributed by atoms with E-state index >= 15 is 0 Å². The van der Waals surface area contributed by atoms with E-state index in [2.05, 4.69) is 5.32 Å². The lowest BCUT2D eigenvalue weighted by molar-refractivity contribution is -0.140. The molecule has 0 radical (unpaired) electrons. The number of rotatable bonds is 14. The topological polar surface area (TPSA) is 105 Å². The minimum absolute atomic E-state index is 0.0281. The molecule has 1 atom stereocenters. The number of hydrogen-bond donors (Lipinski definition) is 1. The Balaban J connectivity index is 1.59. The molecule has 0 aliphatic heterocycles. The van der Waals surface area contributed by atoms with Gasteiger partial charge in [-0.15, -0.1) is 0 Å². The molecule has 0 heterocycles. The molecule has 1 saturated carbocycles. The van der Waals surface area contributed by atoms with Gasteiger partial charge in [-0.05, 0) is 73.2 Å². The Labute approximate surface area is 296 Å². The van der Waals surface area contributed by atoms with Gasteiger partial charge in [-0.2, -0.15) is 0 Å². The van der Waals surface area contributed by atoms with Gasteiger partial charge in [0, 0.05) is 25.1 Å². The number of benzene rings is 4. The quantitative estimate of drug-likeness (QED) is 0.159. The van der Waals surface area contributed by atoms with Crippen LogP contribution < -0.4 is 19.1 Å². The van der Waals surface area contributed by atoms with Crippen molar-refractivity contribution in [1.82, 2.24) is 10.2 Å². The van der Waals surface area contributed by atoms with Crippen LogP contribution in [0.25, 0.3) is 0 Å². The van der Waals surface area contributed by atoms with Crippen LogP contribution in [0, 0.1) is 13.8 Å². The van der Waals surface area contributed by atoms with Gasteiger partial charge >= 0.3 is 0 Å². The number of ether oxygens (including phenoxy) is 2. The highest BCUT2D eigenvalue weighted by Crippen LogP contribution is 2.33. The second-order valence-electron chi connectivity index (χ2n) is 12.9. The van der Waals surface area contributed by atoms with Gasteiger partial charge in [0.15, 0.2) is 11.5 Å². The zero-order valence-electron chi connectivity index (χ0n) is 29.3. The number of hydrogen-bond acceptors (Lipinski definition) is 6. The van der Waals surface area contributed by atoms with Gasteiger partial charge in [0.2, 0.25) is 11.8 Å². The first-order valence-electron chi connectivity index (χ1n) is 17.1. The first-order chi connectivity index (χ1) is 24.1. The smallest absolute Gasteiger partial charge is 0.264 e. The van der Waals surface area contributed by atoms with Gasteiger partial charge < -0.3 is 19.7 Å². The second kappa shape index (κ2) is 16.7. The number of sulfonamides is 1. The van der Waals surface area contributed by atoms with Crippen LogP contribution in [-0.2, 0) is 32.6 Å². The van der Waals surface area contributed by atoms with Crippen molar-refractivity contribution in [2.75, 3.05) is 25.1 Å². The fraction of sp³-hybridized carbons (Fsp3) is 0.350. The first kappa shape index (κ1) is 36.5. The summed E-state index contributed by atoms with van der Waals surface area (Å²) >= 11 is 0. The molecule has 264 valence electrons. The summed E-state index contributed by atoms with van der Waals surface area (Å²) in [6, 6.07) is 28.0. The minimum Gasteiger partial charge on any atom is -0.493 e. The summed E-state index contributed by atoms with van der Waals surface area (Å²) < 4.78 is 41.1. The highest BCUT2D eigenvalue weighted by Gasteiger charge is 2.36. The Morgan fingerprint density at radius 2 is 1.38 bits per heavy atom. The number of carbonyl (C=O) groups excluding carboxylic acids is 2. The predicted molar refractivity (Wildman–Crippen MR) is 196 cm³/mol. The van der Waals surface area contributed by atoms with E-state index in [0.717, 1.165) is 58.7 Å². The number of nitrogens with one attached hydrogen (secondary N) is 1. The third kappa shape index (κ3) is 9.04. The molecule has 5 rings (SSSR count). The summed E-state index contributed by atoms with van der Waals surface area (Å²) in [5.74, 6) is -0.127. The summed E-state index contributed by atoms with van der Waals surface area (Å²) in [5.41, 5.74) is 3.75. The van der Waals surface area contributed by atoms with Crippen molar-refractivity contribution >= 4 is 27.5 Å². The fourth-order valence-corrected chi connectivity index (χ4v) is 8.02. The maximum atomic E-state index is 14.8. The van der Waals surface area contributed by atoms with Crippen LogP contribution in [0.1, 0.15) is 54.4 Å². The Hall–Kier alpha value is -4.83. The van der Waals surface area contributed by atoms with Crippen molar-refractivity contribution in [3.05, 3.63) is 119 Å². The SMILES string of the molecule is COc1ccc(S(=O)(=O)N(CC(=O)N(Cc2ccccc2)[C@H](Cc2ccccc2)C(=O)NC2CCCCC2)c2cc(C)cc(C)c2)cc1OC. The number of carbonyl (C=O) groups is 2. The molecule has 2 amide bonds. The molecule has 0 bridgehead atoms. The van der Waals surface area contributed by atoms with E-state index < -0.39 is 28.5 Å². The van der Waals surface area contributed by atoms with Crippen molar-refractivity contribution < 1.29 is 27.5 Å². The molecule has 10 heteroatoms. The third-order valence-electron chi connectivity index (χ3n) is 9.13. The monoisotopic (exact) mass is 697 g/mol. The lowest BCUT2D eigenvalue weighted by atomic mass is 9.94. The summed E-state index contributed by atoms with van der Waals surface area (Å²) in [4.78, 5) is 30.6. The van der Waals surface area contributed by atoms with Crippen LogP contribution in [-0.4, -0.2) is 58.0 Å². The van der Waals surface area contributed by atoms with E-state index in [9.17, 15) is 18.0 Å². The Bertz CT molecular complexity index is 1840. The zero-order chi connectivity index (χ0) is 35.7. The largest absolute Gasteiger partial charge is 0.493 e. The highest BCUT2D eigenvalue weighted by molar-refractivity contribution is 7.92. The number of anilines is 1. The van der Waals surface area contributed by atoms with Crippen LogP contribution in [0.15, 0.2) is 102 Å². The molecule has 1 N–H and O–H groups in total. The van der Waals surface area contributed by atoms with Gasteiger partial charge in [0.25, 0.3) is 10.0 Å². The fourth-order valence-electron chi connectivity index (χ4n) is 6.61. The normalized spacial score (nSPS) is 14.0. The Morgan fingerprint density at radius 3 is 1.98 bits per heavy atom. The molecule has 1 aliphatic rings. The molecule has 0 unspecified atom stereocenters. The van der Waals surface area contributed by atoms with Crippen molar-refractivity contribution in [2.45, 2.75) is 75.9 Å². The van der Waals surface area contributed by atoms with Gasteiger partial charge in [0.1, 0.15) is 12.6 Å². The van der Waals surface area contributed by atoms with Crippen molar-refractivity contribution in [1.29, 1.82) is 0 Å². The van der Waals surface area contributed by atoms with Crippen molar-refractivity contribution in [2.24, 2.45) is 0 Å². The molecule has 0 spiro atoms. The third-order valence-corrected chi connectivity index (χ3v) is 10.9. The molecule has 4 aromatic rings. The molecule has 4 aromatic carbocycles. The molecular formula is C40H47N3O6S. The zero-order valence-corrected chi connectivity index (χ0v) is 30.1. The molecule has 1 fully saturated rings. The highest BCUT2D eigenvalue weighted by atomic mass is 32.2. The standard InChI is InChI=1S/C40H47N3O6S/c1-29-22-30(2)24-34(23-29)43(50(46,47)35-20-21-37(48-3)38(26-35)49-4)28-39(44)42(27-32-16-10-6-11-17-32)36(25-31-14-8-5-9-15-31)40(45)41-33-18-12-7-13-19-33/h5-6,8-11,14-17,20-24,26,33,36H,7,12-13,18-19,25,27-28H2,1-4H3,(H,41,45)/t36-/m1/s1. The summed E-state index contributed by atoms with van der Waals surface area (Å²) in [6.07, 6.45) is 5.27. The average molecular weight is 698 g/mol. The second-order valence-corrected chi connectivity index (χ2v) is 14.8. The number of aryl methyl sites for hydroxylation is 2. The van der Waals surface area contributed by atoms with E-state index in [-0.39, 0.29) is 35.6 Å². The van der Waals surface area contributed by atoms with Crippen molar-refractivity contribution in [3.63, 3.8) is 0 Å². The van der Waals surface area contributed by atoms with E-state index in [4.69, 9.17) is 9.47 Å². The van der Waals surface area contributed by atoms with E-state index in [1.165, 1.54) is 32.4 Å². The Kier molecular flexibility index (Phi) is 12.2. The summed E-state index contributed by atoms with van der Waals surface area (Å²) in [5, 5.41) is 3.25. The first-order valence-corrected chi connectivity index (χ1v) is 18.5. The summed E-state index contributed by atoms with van der Waals surface area (Å²) in [7, 11) is -1.41. The van der Waals surface area contributed by atoms with Crippen LogP contribution in [0.4, 0.5) is 5.69 Å². The van der Waals surface area contributed by atoms with Gasteiger partial charge in [0.05, 0.1) is 24.8 Å². The van der Waals surface area contributed by atoms with Gasteiger partial charge in [-0.25, -0.2) is 8.42 Å². The van der Waals surface area contributed by atoms with E-state index in [1.807, 2.05) is 80.6 Å². The van der Waals surface area contributed by atoms with E-state index in [0.29, 0.717) is 11.4 Å². The molecule has 1 aliphatic carbocycles. The molecule has 50 heavy (non-hydrogen) atoms. The van der Waals surface area contributed by atoms with Crippen LogP contribution in [0.2, 0.25) is 0 Å². The maximum absolute atomic E-state index is 14.8. The Morgan fingerprint density at radius 1 is 0.780 bits per heavy atom. The molecule has 0 saturated heterocycles. The van der Waals surface area contributed by atoms with E-state index in [1.54, 1.807) is 17.0 Å². The van der Waals surface area contributed by atoms with Crippen molar-refractivity contribution in [3.8, 4) is 11.5 Å². The lowest BCUT2D eigenvalue weighted by Crippen LogP contribution is -2.55. The van der Waals surface area contributed by atoms with Gasteiger partial charge in [-0.3, -0.25) is 13.9 Å².